The molecule has 3 aliphatic rings. The van der Waals surface area contributed by atoms with Gasteiger partial charge in [-0.2, -0.15) is 0 Å². The summed E-state index contributed by atoms with van der Waals surface area (Å²) < 4.78 is 23.2. The molecule has 3 rings (SSSR count). The fourth-order valence-electron chi connectivity index (χ4n) is 8.32. The van der Waals surface area contributed by atoms with Crippen LogP contribution >= 0.6 is 0 Å². The van der Waals surface area contributed by atoms with Crippen LogP contribution in [-0.4, -0.2) is 167 Å². The van der Waals surface area contributed by atoms with Crippen LogP contribution in [0.3, 0.4) is 0 Å². The Hall–Kier alpha value is -1.71. The van der Waals surface area contributed by atoms with E-state index < -0.39 is 103 Å². The van der Waals surface area contributed by atoms with Crippen molar-refractivity contribution in [3.63, 3.8) is 0 Å². The predicted molar refractivity (Wildman–Crippen MR) is 211 cm³/mol. The molecule has 1 saturated carbocycles. The molecule has 2 aliphatic heterocycles. The largest absolute Gasteiger partial charge is 0.394 e. The number of aliphatic hydroxyl groups excluding tert-OH is 9. The second-order valence-electron chi connectivity index (χ2n) is 17.6. The number of aliphatic hydroxyl groups is 11. The van der Waals surface area contributed by atoms with Crippen molar-refractivity contribution in [2.75, 3.05) is 19.8 Å². The number of allylic oxidation sites excluding steroid dienone is 4. The Bertz CT molecular complexity index is 1390. The molecule has 2 saturated heterocycles. The van der Waals surface area contributed by atoms with Gasteiger partial charge in [0, 0.05) is 12.0 Å². The van der Waals surface area contributed by atoms with E-state index in [0.717, 1.165) is 23.0 Å². The molecule has 0 amide bonds. The molecule has 15 atom stereocenters. The summed E-state index contributed by atoms with van der Waals surface area (Å²) in [5.41, 5.74) is -0.0130. The molecule has 11 N–H and O–H groups in total. The van der Waals surface area contributed by atoms with Crippen molar-refractivity contribution >= 4 is 6.29 Å². The maximum Gasteiger partial charge on any atom is 0.187 e. The van der Waals surface area contributed by atoms with Gasteiger partial charge in [-0.05, 0) is 116 Å². The first-order valence-electron chi connectivity index (χ1n) is 20.5. The van der Waals surface area contributed by atoms with E-state index in [-0.39, 0.29) is 12.5 Å². The number of hydrogen-bond donors (Lipinski definition) is 11. The maximum absolute atomic E-state index is 12.1. The molecule has 0 spiro atoms. The number of rotatable bonds is 20. The van der Waals surface area contributed by atoms with E-state index in [0.29, 0.717) is 63.4 Å². The Kier molecular flexibility index (Phi) is 19.1. The third-order valence-electron chi connectivity index (χ3n) is 12.8. The summed E-state index contributed by atoms with van der Waals surface area (Å²) in [6.45, 7) is 11.2. The van der Waals surface area contributed by atoms with E-state index in [1.54, 1.807) is 13.8 Å². The van der Waals surface area contributed by atoms with Gasteiger partial charge in [-0.1, -0.05) is 30.2 Å². The summed E-state index contributed by atoms with van der Waals surface area (Å²) in [7, 11) is 0. The standard InChI is InChI=1S/C42H72O16/c1-23(13-15-31(46)40(4,5)53)12-14-28(56-39-37(52)35(50)33(48)30(22-45)58-39)24(2)10-8-17-41(6)27(26(25(3)20-43)16-18-42(41,7)54)11-9-19-55-38-36(51)34(49)32(47)29(21-44)57-38/h10,12,20,27-39,44-54H,8-9,11,13-19,21-22H2,1-7H3/b23-12+,24-10+,26-25+/t27-,28?,29-,30-,31?,32-,33-,34+,35+,36-,37-,38-,39-,41+,42+/m1/s1. The zero-order valence-corrected chi connectivity index (χ0v) is 35.2. The average molecular weight is 833 g/mol. The fraction of sp³-hybridized carbons (Fsp3) is 0.833. The third kappa shape index (κ3) is 12.4. The normalized spacial score (nSPS) is 38.7. The molecule has 336 valence electrons. The Morgan fingerprint density at radius 3 is 2.02 bits per heavy atom. The molecule has 0 radical (unpaired) electrons. The summed E-state index contributed by atoms with van der Waals surface area (Å²) in [5.74, 6) is -0.264. The summed E-state index contributed by atoms with van der Waals surface area (Å²) in [6, 6.07) is 0. The second-order valence-corrected chi connectivity index (χ2v) is 17.6. The van der Waals surface area contributed by atoms with Gasteiger partial charge in [0.1, 0.15) is 55.1 Å². The van der Waals surface area contributed by atoms with Crippen LogP contribution in [0, 0.1) is 11.3 Å². The number of ether oxygens (including phenoxy) is 4. The Morgan fingerprint density at radius 1 is 0.897 bits per heavy atom. The molecule has 2 unspecified atom stereocenters. The molecule has 16 nitrogen and oxygen atoms in total. The second kappa shape index (κ2) is 21.9. The lowest BCUT2D eigenvalue weighted by Crippen LogP contribution is -2.59. The molecule has 0 bridgehead atoms. The molecule has 0 aromatic rings. The van der Waals surface area contributed by atoms with Crippen LogP contribution in [0.1, 0.15) is 106 Å². The summed E-state index contributed by atoms with van der Waals surface area (Å²) in [5, 5.41) is 114. The first-order valence-corrected chi connectivity index (χ1v) is 20.5. The number of hydrogen-bond acceptors (Lipinski definition) is 16. The monoisotopic (exact) mass is 832 g/mol. The molecule has 58 heavy (non-hydrogen) atoms. The smallest absolute Gasteiger partial charge is 0.187 e. The Balaban J connectivity index is 1.84. The van der Waals surface area contributed by atoms with Crippen molar-refractivity contribution in [3.8, 4) is 0 Å². The van der Waals surface area contributed by atoms with Gasteiger partial charge in [-0.15, -0.1) is 0 Å². The molecule has 1 aliphatic carbocycles. The highest BCUT2D eigenvalue weighted by Gasteiger charge is 2.52. The van der Waals surface area contributed by atoms with Crippen LogP contribution in [0.15, 0.2) is 34.4 Å². The molecule has 2 heterocycles. The highest BCUT2D eigenvalue weighted by Crippen LogP contribution is 2.55. The zero-order valence-electron chi connectivity index (χ0n) is 35.2. The SMILES string of the molecule is C/C(=C\CC(O[C@@H]1O[C@H](CO)[C@@H](O)[C@H](O)[C@H]1O)/C(C)=C/CC[C@@]1(C)[C@H](CCCO[C@@H]2O[C@H](CO)[C@@H](O)[C@H](O)[C@H]2O)/C(=C(\C)C=O)CC[C@]1(C)O)CCC(O)C(C)(C)O. The van der Waals surface area contributed by atoms with E-state index >= 15 is 0 Å². The van der Waals surface area contributed by atoms with Crippen LogP contribution in [0.25, 0.3) is 0 Å². The highest BCUT2D eigenvalue weighted by molar-refractivity contribution is 5.74. The van der Waals surface area contributed by atoms with Crippen LogP contribution in [-0.2, 0) is 23.7 Å². The Labute approximate surface area is 342 Å². The topological polar surface area (TPSA) is 277 Å². The minimum Gasteiger partial charge on any atom is -0.394 e. The van der Waals surface area contributed by atoms with Gasteiger partial charge in [0.25, 0.3) is 0 Å². The fourth-order valence-corrected chi connectivity index (χ4v) is 8.32. The lowest BCUT2D eigenvalue weighted by atomic mass is 9.54. The van der Waals surface area contributed by atoms with Crippen molar-refractivity contribution in [2.24, 2.45) is 11.3 Å². The first-order chi connectivity index (χ1) is 27.0. The molecule has 0 aromatic heterocycles. The van der Waals surface area contributed by atoms with Crippen LogP contribution in [0.4, 0.5) is 0 Å². The van der Waals surface area contributed by atoms with Crippen LogP contribution in [0.5, 0.6) is 0 Å². The summed E-state index contributed by atoms with van der Waals surface area (Å²) in [6.07, 6.45) is -7.49. The van der Waals surface area contributed by atoms with Gasteiger partial charge in [-0.25, -0.2) is 0 Å². The van der Waals surface area contributed by atoms with E-state index in [1.165, 1.54) is 13.8 Å². The van der Waals surface area contributed by atoms with Crippen molar-refractivity contribution in [1.29, 1.82) is 0 Å². The minimum absolute atomic E-state index is 0.0739. The quantitative estimate of drug-likeness (QED) is 0.0344. The zero-order chi connectivity index (χ0) is 43.7. The van der Waals surface area contributed by atoms with E-state index in [9.17, 15) is 61.0 Å². The van der Waals surface area contributed by atoms with Gasteiger partial charge in [-0.3, -0.25) is 4.79 Å². The van der Waals surface area contributed by atoms with E-state index in [4.69, 9.17) is 18.9 Å². The summed E-state index contributed by atoms with van der Waals surface area (Å²) in [4.78, 5) is 12.1. The maximum atomic E-state index is 12.1. The first kappa shape index (κ1) is 50.6. The highest BCUT2D eigenvalue weighted by atomic mass is 16.7. The van der Waals surface area contributed by atoms with Gasteiger partial charge in [0.2, 0.25) is 0 Å². The van der Waals surface area contributed by atoms with Gasteiger partial charge in [0.15, 0.2) is 12.6 Å². The van der Waals surface area contributed by atoms with Crippen molar-refractivity contribution in [3.05, 3.63) is 34.4 Å². The number of carbonyl (C=O) groups is 1. The van der Waals surface area contributed by atoms with Gasteiger partial charge in [0.05, 0.1) is 36.6 Å². The summed E-state index contributed by atoms with van der Waals surface area (Å²) >= 11 is 0. The van der Waals surface area contributed by atoms with Crippen molar-refractivity contribution in [1.82, 2.24) is 0 Å². The third-order valence-corrected chi connectivity index (χ3v) is 12.8. The van der Waals surface area contributed by atoms with E-state index in [1.807, 2.05) is 32.9 Å². The molecule has 3 fully saturated rings. The van der Waals surface area contributed by atoms with Crippen LogP contribution < -0.4 is 0 Å². The molecule has 0 aromatic carbocycles. The minimum atomic E-state index is -1.63. The molecular formula is C42H72O16. The predicted octanol–water partition coefficient (Wildman–Crippen LogP) is 0.426. The van der Waals surface area contributed by atoms with Gasteiger partial charge < -0.3 is 75.1 Å². The Morgan fingerprint density at radius 2 is 1.47 bits per heavy atom. The van der Waals surface area contributed by atoms with Gasteiger partial charge >= 0.3 is 0 Å². The number of aldehydes is 1. The number of carbonyl (C=O) groups excluding carboxylic acids is 1. The van der Waals surface area contributed by atoms with E-state index in [2.05, 4.69) is 0 Å². The van der Waals surface area contributed by atoms with Crippen molar-refractivity contribution in [2.45, 2.75) is 191 Å². The van der Waals surface area contributed by atoms with Crippen LogP contribution in [0.2, 0.25) is 0 Å². The molecule has 16 heteroatoms. The lowest BCUT2D eigenvalue weighted by molar-refractivity contribution is -0.308. The molecular weight excluding hydrogens is 760 g/mol. The van der Waals surface area contributed by atoms with Crippen molar-refractivity contribution < 1.29 is 79.9 Å². The average Bonchev–Trinajstić information content (AvgIpc) is 3.17. The lowest BCUT2D eigenvalue weighted by Gasteiger charge is -2.53.